The molecule has 0 aliphatic rings. The molecule has 2 aromatic rings. The van der Waals surface area contributed by atoms with E-state index in [4.69, 9.17) is 4.74 Å². The Hall–Kier alpha value is -2.62. The van der Waals surface area contributed by atoms with Gasteiger partial charge in [-0.2, -0.15) is 0 Å². The summed E-state index contributed by atoms with van der Waals surface area (Å²) in [6, 6.07) is 1.84. The van der Waals surface area contributed by atoms with Gasteiger partial charge in [0.2, 0.25) is 0 Å². The van der Waals surface area contributed by atoms with Crippen LogP contribution >= 0.6 is 0 Å². The molecule has 4 heteroatoms. The third-order valence-electron chi connectivity index (χ3n) is 3.33. The molecule has 23 heavy (non-hydrogen) atoms. The van der Waals surface area contributed by atoms with Crippen LogP contribution in [0.1, 0.15) is 26.3 Å². The van der Waals surface area contributed by atoms with E-state index in [2.05, 4.69) is 11.6 Å². The molecule has 2 rings (SSSR count). The first-order valence-electron chi connectivity index (χ1n) is 7.60. The minimum absolute atomic E-state index is 0.0664. The number of aromatic nitrogens is 2. The molecule has 0 N–H and O–H groups in total. The third kappa shape index (κ3) is 3.97. The van der Waals surface area contributed by atoms with E-state index in [9.17, 15) is 4.79 Å². The standard InChI is InChI=1S/C17H18N2O2.C2H6/c1-5-12(9-13(6-2)21-4)16-11-19(3)17(20)15-10-18-8-7-14(15)16;1-2/h5-11H,1H2,2-4H3;1-2H3/b12-9+,13-6+;. The van der Waals surface area contributed by atoms with Gasteiger partial charge in [0.05, 0.1) is 12.5 Å². The fourth-order valence-corrected chi connectivity index (χ4v) is 2.20. The summed E-state index contributed by atoms with van der Waals surface area (Å²) in [7, 11) is 3.35. The van der Waals surface area contributed by atoms with Crippen LogP contribution in [0.4, 0.5) is 0 Å². The molecule has 0 aromatic carbocycles. The van der Waals surface area contributed by atoms with Crippen molar-refractivity contribution in [2.45, 2.75) is 20.8 Å². The van der Waals surface area contributed by atoms with Crippen molar-refractivity contribution in [1.29, 1.82) is 0 Å². The van der Waals surface area contributed by atoms with Crippen LogP contribution in [0.15, 0.2) is 60.0 Å². The lowest BCUT2D eigenvalue weighted by atomic mass is 10.0. The number of aryl methyl sites for hydroxylation is 1. The molecule has 0 aliphatic carbocycles. The fourth-order valence-electron chi connectivity index (χ4n) is 2.20. The molecule has 2 aromatic heterocycles. The lowest BCUT2D eigenvalue weighted by Crippen LogP contribution is -2.17. The number of fused-ring (bicyclic) bond motifs is 1. The van der Waals surface area contributed by atoms with E-state index in [0.29, 0.717) is 5.39 Å². The highest BCUT2D eigenvalue weighted by Gasteiger charge is 2.09. The first kappa shape index (κ1) is 18.4. The van der Waals surface area contributed by atoms with Gasteiger partial charge in [0.1, 0.15) is 5.76 Å². The summed E-state index contributed by atoms with van der Waals surface area (Å²) in [6.07, 6.45) is 10.6. The molecule has 0 unspecified atom stereocenters. The Kier molecular flexibility index (Phi) is 7.00. The Bertz CT molecular complexity index is 799. The Morgan fingerprint density at radius 1 is 1.35 bits per heavy atom. The molecule has 0 atom stereocenters. The SMILES string of the molecule is C=C/C(=C\C(=C/C)OC)c1cn(C)c(=O)c2cnccc12.CC. The van der Waals surface area contributed by atoms with Gasteiger partial charge in [0, 0.05) is 31.2 Å². The summed E-state index contributed by atoms with van der Waals surface area (Å²) in [5, 5.41) is 1.44. The van der Waals surface area contributed by atoms with E-state index in [-0.39, 0.29) is 5.56 Å². The lowest BCUT2D eigenvalue weighted by Gasteiger charge is -2.10. The Balaban J connectivity index is 0.00000127. The van der Waals surface area contributed by atoms with Crippen molar-refractivity contribution in [2.24, 2.45) is 7.05 Å². The third-order valence-corrected chi connectivity index (χ3v) is 3.33. The van der Waals surface area contributed by atoms with Crippen LogP contribution in [-0.4, -0.2) is 16.7 Å². The maximum Gasteiger partial charge on any atom is 0.259 e. The number of methoxy groups -OCH3 is 1. The zero-order valence-electron chi connectivity index (χ0n) is 14.5. The molecule has 0 spiro atoms. The van der Waals surface area contributed by atoms with Crippen molar-refractivity contribution in [3.05, 3.63) is 71.1 Å². The number of hydrogen-bond donors (Lipinski definition) is 0. The average molecular weight is 312 g/mol. The predicted octanol–water partition coefficient (Wildman–Crippen LogP) is 4.08. The summed E-state index contributed by atoms with van der Waals surface area (Å²) in [4.78, 5) is 16.2. The van der Waals surface area contributed by atoms with Gasteiger partial charge in [-0.25, -0.2) is 0 Å². The van der Waals surface area contributed by atoms with Crippen molar-refractivity contribution in [3.63, 3.8) is 0 Å². The minimum atomic E-state index is -0.0664. The second-order valence-electron chi connectivity index (χ2n) is 4.58. The zero-order chi connectivity index (χ0) is 17.4. The van der Waals surface area contributed by atoms with Gasteiger partial charge in [-0.3, -0.25) is 9.78 Å². The number of rotatable bonds is 4. The van der Waals surface area contributed by atoms with Crippen LogP contribution < -0.4 is 5.56 Å². The molecule has 0 radical (unpaired) electrons. The zero-order valence-corrected chi connectivity index (χ0v) is 14.5. The van der Waals surface area contributed by atoms with E-state index < -0.39 is 0 Å². The van der Waals surface area contributed by atoms with Crippen molar-refractivity contribution >= 4 is 16.3 Å². The molecular weight excluding hydrogens is 288 g/mol. The van der Waals surface area contributed by atoms with Gasteiger partial charge in [-0.05, 0) is 36.1 Å². The highest BCUT2D eigenvalue weighted by Crippen LogP contribution is 2.24. The highest BCUT2D eigenvalue weighted by atomic mass is 16.5. The van der Waals surface area contributed by atoms with E-state index in [1.165, 1.54) is 0 Å². The molecule has 0 aliphatic heterocycles. The van der Waals surface area contributed by atoms with Crippen LogP contribution in [0.25, 0.3) is 16.3 Å². The maximum atomic E-state index is 12.2. The largest absolute Gasteiger partial charge is 0.497 e. The molecule has 122 valence electrons. The molecule has 2 heterocycles. The summed E-state index contributed by atoms with van der Waals surface area (Å²) in [5.41, 5.74) is 1.74. The number of pyridine rings is 2. The topological polar surface area (TPSA) is 44.1 Å². The van der Waals surface area contributed by atoms with Crippen LogP contribution in [0, 0.1) is 0 Å². The molecule has 0 saturated heterocycles. The highest BCUT2D eigenvalue weighted by molar-refractivity contribution is 5.95. The number of hydrogen-bond acceptors (Lipinski definition) is 3. The minimum Gasteiger partial charge on any atom is -0.497 e. The smallest absolute Gasteiger partial charge is 0.259 e. The first-order valence-corrected chi connectivity index (χ1v) is 7.60. The Morgan fingerprint density at radius 3 is 2.61 bits per heavy atom. The number of allylic oxidation sites excluding steroid dienone is 4. The van der Waals surface area contributed by atoms with E-state index >= 15 is 0 Å². The average Bonchev–Trinajstić information content (AvgIpc) is 2.61. The molecule has 4 nitrogen and oxygen atoms in total. The number of nitrogens with zero attached hydrogens (tertiary/aromatic N) is 2. The quantitative estimate of drug-likeness (QED) is 0.631. The second kappa shape index (κ2) is 8.73. The lowest BCUT2D eigenvalue weighted by molar-refractivity contribution is 0.306. The summed E-state index contributed by atoms with van der Waals surface area (Å²) in [5.74, 6) is 0.737. The van der Waals surface area contributed by atoms with Gasteiger partial charge in [0.25, 0.3) is 5.56 Å². The van der Waals surface area contributed by atoms with E-state index in [1.807, 2.05) is 39.0 Å². The van der Waals surface area contributed by atoms with E-state index in [1.54, 1.807) is 43.4 Å². The Labute approximate surface area is 137 Å². The summed E-state index contributed by atoms with van der Waals surface area (Å²) < 4.78 is 6.83. The van der Waals surface area contributed by atoms with Crippen molar-refractivity contribution in [3.8, 4) is 0 Å². The number of ether oxygens (including phenoxy) is 1. The molecule has 0 saturated carbocycles. The molecule has 0 amide bonds. The van der Waals surface area contributed by atoms with Crippen LogP contribution in [0.5, 0.6) is 0 Å². The van der Waals surface area contributed by atoms with Crippen LogP contribution in [-0.2, 0) is 11.8 Å². The summed E-state index contributed by atoms with van der Waals surface area (Å²) in [6.45, 7) is 9.77. The van der Waals surface area contributed by atoms with Gasteiger partial charge in [0.15, 0.2) is 0 Å². The Morgan fingerprint density at radius 2 is 2.04 bits per heavy atom. The molecule has 0 fully saturated rings. The first-order chi connectivity index (χ1) is 11.1. The van der Waals surface area contributed by atoms with Crippen molar-refractivity contribution in [1.82, 2.24) is 9.55 Å². The van der Waals surface area contributed by atoms with Crippen molar-refractivity contribution in [2.75, 3.05) is 7.11 Å². The fraction of sp³-hybridized carbons (Fsp3) is 0.263. The van der Waals surface area contributed by atoms with Gasteiger partial charge in [-0.15, -0.1) is 0 Å². The van der Waals surface area contributed by atoms with Gasteiger partial charge >= 0.3 is 0 Å². The normalized spacial score (nSPS) is 11.7. The van der Waals surface area contributed by atoms with Gasteiger partial charge < -0.3 is 9.30 Å². The molecular formula is C19H24N2O2. The summed E-state index contributed by atoms with van der Waals surface area (Å²) >= 11 is 0. The molecule has 0 bridgehead atoms. The van der Waals surface area contributed by atoms with Crippen LogP contribution in [0.3, 0.4) is 0 Å². The maximum absolute atomic E-state index is 12.2. The van der Waals surface area contributed by atoms with Gasteiger partial charge in [-0.1, -0.05) is 26.5 Å². The van der Waals surface area contributed by atoms with Crippen LogP contribution in [0.2, 0.25) is 0 Å². The second-order valence-corrected chi connectivity index (χ2v) is 4.58. The van der Waals surface area contributed by atoms with Crippen molar-refractivity contribution < 1.29 is 4.74 Å². The monoisotopic (exact) mass is 312 g/mol. The predicted molar refractivity (Wildman–Crippen MR) is 97.3 cm³/mol. The van der Waals surface area contributed by atoms with E-state index in [0.717, 1.165) is 22.3 Å².